The summed E-state index contributed by atoms with van der Waals surface area (Å²) < 4.78 is 0. The zero-order valence-corrected chi connectivity index (χ0v) is 9.95. The minimum Gasteiger partial charge on any atom is -0.107 e. The van der Waals surface area contributed by atoms with Gasteiger partial charge in [-0.05, 0) is 0 Å². The molecule has 40 valence electrons. The van der Waals surface area contributed by atoms with Crippen molar-refractivity contribution in [2.45, 2.75) is 0 Å². The van der Waals surface area contributed by atoms with E-state index in [1.54, 1.807) is 0 Å². The van der Waals surface area contributed by atoms with E-state index in [0.29, 0.717) is 0 Å². The fourth-order valence-electron chi connectivity index (χ4n) is 0. The third kappa shape index (κ3) is 28.7. The fourth-order valence-corrected chi connectivity index (χ4v) is 0. The van der Waals surface area contributed by atoms with Gasteiger partial charge in [-0.2, -0.15) is 0 Å². The molecule has 0 aliphatic heterocycles. The van der Waals surface area contributed by atoms with Gasteiger partial charge in [-0.3, -0.25) is 0 Å². The second-order valence-corrected chi connectivity index (χ2v) is 0. The first-order chi connectivity index (χ1) is 0. The van der Waals surface area contributed by atoms with Gasteiger partial charge in [0.25, 0.3) is 0 Å². The Balaban J connectivity index is 0. The molecule has 6 radical (unpaired) electrons. The number of hydrogen-bond donors (Lipinski definition) is 0. The van der Waals surface area contributed by atoms with Crippen LogP contribution in [-0.2, 0) is 51.2 Å². The molecule has 6 heavy (non-hydrogen) atoms. The molecule has 0 N–H and O–H groups in total. The summed E-state index contributed by atoms with van der Waals surface area (Å²) in [6.07, 6.45) is 0. The molecule has 0 aromatic rings. The van der Waals surface area contributed by atoms with Gasteiger partial charge in [0.2, 0.25) is 0 Å². The molecule has 0 unspecified atom stereocenters. The van der Waals surface area contributed by atoms with Crippen LogP contribution in [0.15, 0.2) is 0 Å². The van der Waals surface area contributed by atoms with Gasteiger partial charge in [0.15, 0.2) is 0 Å². The molecule has 0 spiro atoms. The molecule has 0 amide bonds. The van der Waals surface area contributed by atoms with E-state index in [0.717, 1.165) is 0 Å². The van der Waals surface area contributed by atoms with Crippen LogP contribution in [0.4, 0.5) is 0 Å². The standard InChI is InChI=1S/B.Co.Cr.Fe.HI.Se/h;;;;1H;. The van der Waals surface area contributed by atoms with Crippen molar-refractivity contribution in [2.75, 3.05) is 0 Å². The van der Waals surface area contributed by atoms with E-state index in [1.165, 1.54) is 0 Å². The predicted octanol–water partition coefficient (Wildman–Crippen LogP) is -0.151. The Hall–Kier alpha value is 2.87. The van der Waals surface area contributed by atoms with Gasteiger partial charge in [0.1, 0.15) is 0 Å². The predicted molar refractivity (Wildman–Crippen MR) is 26.9 cm³/mol. The number of rotatable bonds is 0. The van der Waals surface area contributed by atoms with Gasteiger partial charge in [0.05, 0.1) is 0 Å². The Labute approximate surface area is 99.2 Å². The third-order valence-corrected chi connectivity index (χ3v) is 0. The first kappa shape index (κ1) is 66.6. The average Bonchev–Trinajstić information content (AvgIpc) is 0. The zero-order valence-electron chi connectivity index (χ0n) is 2.49. The van der Waals surface area contributed by atoms with Crippen molar-refractivity contribution in [3.8, 4) is 0 Å². The van der Waals surface area contributed by atoms with Crippen LogP contribution in [0.25, 0.3) is 0 Å². The number of hydrogen-bond acceptors (Lipinski definition) is 0. The van der Waals surface area contributed by atoms with Gasteiger partial charge >= 0.3 is 0 Å². The molecule has 0 atom stereocenters. The van der Waals surface area contributed by atoms with Crippen LogP contribution in [-0.4, -0.2) is 25.5 Å². The Bertz CT molecular complexity index is 15.5. The molecule has 0 aromatic heterocycles. The van der Waals surface area contributed by atoms with Crippen LogP contribution in [0.1, 0.15) is 0 Å². The topological polar surface area (TPSA) is 0 Å². The summed E-state index contributed by atoms with van der Waals surface area (Å²) >= 11 is 0. The van der Waals surface area contributed by atoms with Crippen LogP contribution in [0, 0.1) is 0 Å². The van der Waals surface area contributed by atoms with Crippen LogP contribution in [0.3, 0.4) is 0 Å². The van der Waals surface area contributed by atoms with Crippen molar-refractivity contribution in [3.63, 3.8) is 0 Å². The molecule has 6 heteroatoms. The average molecular weight is 384 g/mol. The maximum Gasteiger partial charge on any atom is 0 e. The molecule has 0 saturated heterocycles. The molecule has 0 fully saturated rings. The van der Waals surface area contributed by atoms with Crippen molar-refractivity contribution in [3.05, 3.63) is 0 Å². The minimum atomic E-state index is 0. The van der Waals surface area contributed by atoms with E-state index in [4.69, 9.17) is 0 Å². The summed E-state index contributed by atoms with van der Waals surface area (Å²) in [5.74, 6) is 0. The largest absolute Gasteiger partial charge is 0.107 e. The number of halogens is 1. The van der Waals surface area contributed by atoms with Gasteiger partial charge < -0.3 is 0 Å². The Morgan fingerprint density at radius 3 is 1.00 bits per heavy atom. The quantitative estimate of drug-likeness (QED) is 0.403. The molecule has 0 aromatic carbocycles. The molecular formula is HBCoCrFeISe. The van der Waals surface area contributed by atoms with Crippen molar-refractivity contribution in [1.29, 1.82) is 0 Å². The Kier molecular flexibility index (Phi) is 500. The molecule has 0 aliphatic carbocycles. The smallest absolute Gasteiger partial charge is 0 e. The first-order valence-corrected chi connectivity index (χ1v) is 0. The van der Waals surface area contributed by atoms with Crippen LogP contribution in [0.5, 0.6) is 0 Å². The van der Waals surface area contributed by atoms with Gasteiger partial charge in [-0.1, -0.05) is 0 Å². The van der Waals surface area contributed by atoms with E-state index in [1.807, 2.05) is 0 Å². The van der Waals surface area contributed by atoms with Gasteiger partial charge in [0, 0.05) is 76.7 Å². The van der Waals surface area contributed by atoms with E-state index < -0.39 is 0 Å². The van der Waals surface area contributed by atoms with Gasteiger partial charge in [-0.25, -0.2) is 0 Å². The van der Waals surface area contributed by atoms with Crippen molar-refractivity contribution in [1.82, 2.24) is 0 Å². The summed E-state index contributed by atoms with van der Waals surface area (Å²) in [5.41, 5.74) is 0. The summed E-state index contributed by atoms with van der Waals surface area (Å²) in [5, 5.41) is 0. The fraction of sp³-hybridized carbons (Fsp3) is 0. The van der Waals surface area contributed by atoms with Crippen LogP contribution >= 0.6 is 24.0 Å². The van der Waals surface area contributed by atoms with E-state index in [9.17, 15) is 0 Å². The molecule has 0 nitrogen and oxygen atoms in total. The van der Waals surface area contributed by atoms with E-state index in [-0.39, 0.29) is 101 Å². The monoisotopic (exact) mass is 386 g/mol. The second-order valence-electron chi connectivity index (χ2n) is 0. The minimum absolute atomic E-state index is 0. The molecular weight excluding hydrogens is 383 g/mol. The molecule has 0 saturated carbocycles. The van der Waals surface area contributed by atoms with E-state index >= 15 is 0 Å². The summed E-state index contributed by atoms with van der Waals surface area (Å²) in [6, 6.07) is 0. The van der Waals surface area contributed by atoms with Gasteiger partial charge in [-0.15, -0.1) is 24.0 Å². The summed E-state index contributed by atoms with van der Waals surface area (Å²) in [4.78, 5) is 0. The third-order valence-electron chi connectivity index (χ3n) is 0. The first-order valence-electron chi connectivity index (χ1n) is 0. The SMILES string of the molecule is I.[B].[Co].[Cr].[Fe].[Se]. The molecule has 0 rings (SSSR count). The van der Waals surface area contributed by atoms with Crippen molar-refractivity contribution < 1.29 is 51.2 Å². The second kappa shape index (κ2) is 45.1. The van der Waals surface area contributed by atoms with Crippen LogP contribution in [0.2, 0.25) is 0 Å². The van der Waals surface area contributed by atoms with Crippen molar-refractivity contribution >= 4 is 49.5 Å². The van der Waals surface area contributed by atoms with E-state index in [2.05, 4.69) is 0 Å². The van der Waals surface area contributed by atoms with Crippen molar-refractivity contribution in [2.24, 2.45) is 0 Å². The summed E-state index contributed by atoms with van der Waals surface area (Å²) in [6.45, 7) is 0. The maximum atomic E-state index is 0. The zero-order chi connectivity index (χ0) is 0. The molecule has 0 bridgehead atoms. The van der Waals surface area contributed by atoms with Crippen LogP contribution < -0.4 is 0 Å². The molecule has 0 aliphatic rings. The Morgan fingerprint density at radius 2 is 1.00 bits per heavy atom. The molecule has 0 heterocycles. The Morgan fingerprint density at radius 1 is 1.00 bits per heavy atom. The summed E-state index contributed by atoms with van der Waals surface area (Å²) in [7, 11) is 0. The maximum absolute atomic E-state index is 0. The normalized spacial score (nSPS) is 0.